The van der Waals surface area contributed by atoms with Crippen LogP contribution in [0.25, 0.3) is 28.0 Å². The van der Waals surface area contributed by atoms with Crippen molar-refractivity contribution in [3.05, 3.63) is 198 Å². The molecule has 4 heteroatoms. The number of nitrogens with zero attached hydrogens (tertiary/aromatic N) is 1. The Morgan fingerprint density at radius 3 is 2.20 bits per heavy atom. The molecule has 3 aliphatic rings. The highest BCUT2D eigenvalue weighted by atomic mass is 16.6. The molecule has 2 aliphatic carbocycles. The van der Waals surface area contributed by atoms with Crippen LogP contribution in [-0.2, 0) is 5.41 Å². The topological polar surface area (TPSA) is 54.7 Å². The molecule has 244 valence electrons. The molecule has 1 heterocycles. The van der Waals surface area contributed by atoms with Crippen LogP contribution in [0.1, 0.15) is 34.2 Å². The molecule has 6 aromatic rings. The highest BCUT2D eigenvalue weighted by Crippen LogP contribution is 2.63. The monoisotopic (exact) mass is 658 g/mol. The molecule has 51 heavy (non-hydrogen) atoms. The second-order valence-electron chi connectivity index (χ2n) is 13.1. The molecule has 0 aromatic heterocycles. The summed E-state index contributed by atoms with van der Waals surface area (Å²) in [5.74, 6) is 2.96. The molecule has 9 rings (SSSR count). The Bertz CT molecular complexity index is 2440. The van der Waals surface area contributed by atoms with Gasteiger partial charge in [-0.05, 0) is 71.1 Å². The molecular weight excluding hydrogens is 625 g/mol. The minimum absolute atomic E-state index is 0.223. The van der Waals surface area contributed by atoms with Crippen molar-refractivity contribution >= 4 is 18.1 Å². The summed E-state index contributed by atoms with van der Waals surface area (Å²) in [7, 11) is 0. The number of para-hydroxylation sites is 1. The third kappa shape index (κ3) is 4.91. The molecule has 0 radical (unpaired) electrons. The summed E-state index contributed by atoms with van der Waals surface area (Å²) in [5.41, 5.74) is 10.1. The van der Waals surface area contributed by atoms with Crippen LogP contribution in [0.5, 0.6) is 23.0 Å². The fourth-order valence-electron chi connectivity index (χ4n) is 8.11. The maximum Gasteiger partial charge on any atom is 0.178 e. The van der Waals surface area contributed by atoms with E-state index in [1.54, 1.807) is 6.08 Å². The Morgan fingerprint density at radius 2 is 1.39 bits per heavy atom. The van der Waals surface area contributed by atoms with Crippen molar-refractivity contribution in [1.82, 2.24) is 0 Å². The Kier molecular flexibility index (Phi) is 7.44. The molecular formula is C47H34N2O2. The summed E-state index contributed by atoms with van der Waals surface area (Å²) in [6.07, 6.45) is 11.6. The van der Waals surface area contributed by atoms with E-state index in [2.05, 4.69) is 103 Å². The summed E-state index contributed by atoms with van der Waals surface area (Å²) in [4.78, 5) is 4.20. The molecule has 4 nitrogen and oxygen atoms in total. The van der Waals surface area contributed by atoms with Crippen LogP contribution >= 0.6 is 0 Å². The SMILES string of the molecule is C=N/C(=C\C(=N)c1cccc(-c2cccc3c2Oc2ccc4c(c2O3)-c2ccccc2C4(c2ccccc2)C2C=CC=CC2)c1)c1ccccc1. The third-order valence-corrected chi connectivity index (χ3v) is 10.3. The first-order valence-corrected chi connectivity index (χ1v) is 17.2. The summed E-state index contributed by atoms with van der Waals surface area (Å²) in [6, 6.07) is 47.7. The first-order chi connectivity index (χ1) is 25.2. The lowest BCUT2D eigenvalue weighted by Gasteiger charge is -2.39. The van der Waals surface area contributed by atoms with Gasteiger partial charge in [-0.2, -0.15) is 0 Å². The second-order valence-corrected chi connectivity index (χ2v) is 13.1. The maximum absolute atomic E-state index is 8.93. The van der Waals surface area contributed by atoms with E-state index in [1.165, 1.54) is 22.3 Å². The van der Waals surface area contributed by atoms with Crippen molar-refractivity contribution in [2.24, 2.45) is 10.9 Å². The van der Waals surface area contributed by atoms with E-state index in [4.69, 9.17) is 14.9 Å². The number of fused-ring (bicyclic) bond motifs is 6. The number of ether oxygens (including phenoxy) is 2. The Labute approximate surface area is 297 Å². The zero-order chi connectivity index (χ0) is 34.4. The van der Waals surface area contributed by atoms with E-state index >= 15 is 0 Å². The zero-order valence-corrected chi connectivity index (χ0v) is 27.9. The summed E-state index contributed by atoms with van der Waals surface area (Å²) in [5, 5.41) is 8.93. The van der Waals surface area contributed by atoms with E-state index in [0.29, 0.717) is 28.7 Å². The van der Waals surface area contributed by atoms with Gasteiger partial charge in [0.15, 0.2) is 23.0 Å². The van der Waals surface area contributed by atoms with Gasteiger partial charge in [-0.3, -0.25) is 4.99 Å². The number of allylic oxidation sites excluding steroid dienone is 5. The molecule has 0 bridgehead atoms. The van der Waals surface area contributed by atoms with Crippen LogP contribution in [0, 0.1) is 11.3 Å². The van der Waals surface area contributed by atoms with Crippen LogP contribution in [0.2, 0.25) is 0 Å². The average molecular weight is 659 g/mol. The summed E-state index contributed by atoms with van der Waals surface area (Å²) < 4.78 is 13.7. The fourth-order valence-corrected chi connectivity index (χ4v) is 8.11. The number of hydrogen-bond donors (Lipinski definition) is 1. The molecule has 0 saturated heterocycles. The van der Waals surface area contributed by atoms with Crippen LogP contribution in [0.3, 0.4) is 0 Å². The normalized spacial score (nSPS) is 18.0. The highest BCUT2D eigenvalue weighted by Gasteiger charge is 2.50. The van der Waals surface area contributed by atoms with E-state index in [9.17, 15) is 0 Å². The number of hydrogen-bond acceptors (Lipinski definition) is 4. The van der Waals surface area contributed by atoms with Crippen molar-refractivity contribution in [3.8, 4) is 45.3 Å². The van der Waals surface area contributed by atoms with E-state index < -0.39 is 5.41 Å². The first-order valence-electron chi connectivity index (χ1n) is 17.2. The molecule has 0 fully saturated rings. The predicted octanol–water partition coefficient (Wildman–Crippen LogP) is 11.8. The van der Waals surface area contributed by atoms with Crippen LogP contribution < -0.4 is 9.47 Å². The minimum atomic E-state index is -0.393. The van der Waals surface area contributed by atoms with Gasteiger partial charge in [0.05, 0.1) is 16.8 Å². The lowest BCUT2D eigenvalue weighted by molar-refractivity contribution is 0.361. The van der Waals surface area contributed by atoms with Gasteiger partial charge in [-0.1, -0.05) is 146 Å². The summed E-state index contributed by atoms with van der Waals surface area (Å²) >= 11 is 0. The average Bonchev–Trinajstić information content (AvgIpc) is 3.51. The predicted molar refractivity (Wildman–Crippen MR) is 207 cm³/mol. The smallest absolute Gasteiger partial charge is 0.178 e. The molecule has 6 aromatic carbocycles. The number of aliphatic imine (C=N–C) groups is 1. The Morgan fingerprint density at radius 1 is 0.686 bits per heavy atom. The molecule has 1 N–H and O–H groups in total. The van der Waals surface area contributed by atoms with Gasteiger partial charge in [0.1, 0.15) is 0 Å². The fraction of sp³-hybridized carbons (Fsp3) is 0.0638. The van der Waals surface area contributed by atoms with E-state index in [1.807, 2.05) is 72.8 Å². The van der Waals surface area contributed by atoms with Crippen molar-refractivity contribution < 1.29 is 9.47 Å². The highest BCUT2D eigenvalue weighted by molar-refractivity contribution is 6.11. The van der Waals surface area contributed by atoms with Crippen LogP contribution in [0.4, 0.5) is 0 Å². The van der Waals surface area contributed by atoms with Gasteiger partial charge in [-0.15, -0.1) is 0 Å². The largest absolute Gasteiger partial charge is 0.449 e. The number of benzene rings is 6. The molecule has 2 atom stereocenters. The van der Waals surface area contributed by atoms with Gasteiger partial charge in [0.25, 0.3) is 0 Å². The van der Waals surface area contributed by atoms with E-state index in [0.717, 1.165) is 40.0 Å². The molecule has 2 unspecified atom stereocenters. The number of rotatable bonds is 7. The third-order valence-electron chi connectivity index (χ3n) is 10.3. The van der Waals surface area contributed by atoms with Crippen molar-refractivity contribution in [2.45, 2.75) is 11.8 Å². The summed E-state index contributed by atoms with van der Waals surface area (Å²) in [6.45, 7) is 3.75. The van der Waals surface area contributed by atoms with Gasteiger partial charge in [0, 0.05) is 22.3 Å². The van der Waals surface area contributed by atoms with Gasteiger partial charge in [-0.25, -0.2) is 0 Å². The Balaban J connectivity index is 1.13. The second kappa shape index (κ2) is 12.4. The zero-order valence-electron chi connectivity index (χ0n) is 27.9. The van der Waals surface area contributed by atoms with Crippen molar-refractivity contribution in [1.29, 1.82) is 5.41 Å². The molecule has 0 amide bonds. The van der Waals surface area contributed by atoms with Crippen LogP contribution in [0.15, 0.2) is 175 Å². The molecule has 0 saturated carbocycles. The molecule has 1 aliphatic heterocycles. The standard InChI is InChI=1S/C47H34N2O2/c1-49-41(31-15-5-2-6-16-31)30-40(48)33-18-13-17-32(29-33)36-24-14-26-42-45(36)50-43-28-27-39-44(46(43)51-42)37-23-11-12-25-38(37)47(39,34-19-7-3-8-20-34)35-21-9-4-10-22-35/h2-21,23-30,35,48H,1,22H2/b41-30-,48-40?. The minimum Gasteiger partial charge on any atom is -0.449 e. The Hall–Kier alpha value is -6.52. The van der Waals surface area contributed by atoms with Gasteiger partial charge >= 0.3 is 0 Å². The lowest BCUT2D eigenvalue weighted by Crippen LogP contribution is -2.35. The quantitative estimate of drug-likeness (QED) is 0.173. The van der Waals surface area contributed by atoms with Crippen LogP contribution in [-0.4, -0.2) is 12.4 Å². The maximum atomic E-state index is 8.93. The number of nitrogens with one attached hydrogen (secondary N) is 1. The van der Waals surface area contributed by atoms with Crippen molar-refractivity contribution in [2.75, 3.05) is 0 Å². The first kappa shape index (κ1) is 30.5. The lowest BCUT2D eigenvalue weighted by atomic mass is 9.62. The van der Waals surface area contributed by atoms with E-state index in [-0.39, 0.29) is 5.92 Å². The van der Waals surface area contributed by atoms with Gasteiger partial charge in [0.2, 0.25) is 0 Å². The molecule has 0 spiro atoms. The van der Waals surface area contributed by atoms with Crippen molar-refractivity contribution in [3.63, 3.8) is 0 Å². The van der Waals surface area contributed by atoms with Gasteiger partial charge < -0.3 is 14.9 Å².